The second kappa shape index (κ2) is 14.4. The highest BCUT2D eigenvalue weighted by molar-refractivity contribution is 5.91. The zero-order valence-electron chi connectivity index (χ0n) is 21.0. The quantitative estimate of drug-likeness (QED) is 0.137. The molecule has 3 rings (SSSR count). The van der Waals surface area contributed by atoms with Crippen molar-refractivity contribution >= 4 is 5.97 Å². The molecule has 0 amide bonds. The first-order chi connectivity index (χ1) is 16.7. The van der Waals surface area contributed by atoms with Crippen molar-refractivity contribution in [1.82, 2.24) is 0 Å². The summed E-state index contributed by atoms with van der Waals surface area (Å²) in [4.78, 5) is 12.6. The van der Waals surface area contributed by atoms with E-state index in [0.29, 0.717) is 11.3 Å². The van der Waals surface area contributed by atoms with Crippen LogP contribution in [0.4, 0.5) is 0 Å². The fourth-order valence-electron chi connectivity index (χ4n) is 4.24. The Labute approximate surface area is 206 Å². The maximum atomic E-state index is 12.6. The summed E-state index contributed by atoms with van der Waals surface area (Å²) in [5.74, 6) is 0.261. The monoisotopic (exact) mass is 456 g/mol. The highest BCUT2D eigenvalue weighted by atomic mass is 16.5. The number of carbonyl (C=O) groups is 1. The van der Waals surface area contributed by atoms with E-state index in [9.17, 15) is 4.79 Å². The van der Waals surface area contributed by atoms with Crippen LogP contribution in [-0.2, 0) is 12.8 Å². The molecule has 0 saturated heterocycles. The van der Waals surface area contributed by atoms with Crippen molar-refractivity contribution in [2.45, 2.75) is 84.5 Å². The van der Waals surface area contributed by atoms with Gasteiger partial charge < -0.3 is 4.74 Å². The topological polar surface area (TPSA) is 26.3 Å². The van der Waals surface area contributed by atoms with Gasteiger partial charge in [-0.2, -0.15) is 0 Å². The molecule has 0 aliphatic rings. The second-order valence-electron chi connectivity index (χ2n) is 9.28. The summed E-state index contributed by atoms with van der Waals surface area (Å²) in [6, 6.07) is 24.4. The van der Waals surface area contributed by atoms with Crippen molar-refractivity contribution in [3.05, 3.63) is 89.5 Å². The molecule has 0 unspecified atom stereocenters. The molecule has 2 heteroatoms. The molecule has 0 bridgehead atoms. The van der Waals surface area contributed by atoms with E-state index in [1.807, 2.05) is 36.4 Å². The van der Waals surface area contributed by atoms with Gasteiger partial charge in [-0.15, -0.1) is 0 Å². The molecule has 0 spiro atoms. The van der Waals surface area contributed by atoms with Crippen LogP contribution in [0.25, 0.3) is 11.1 Å². The number of ether oxygens (including phenoxy) is 1. The van der Waals surface area contributed by atoms with Gasteiger partial charge in [-0.25, -0.2) is 4.79 Å². The zero-order chi connectivity index (χ0) is 24.0. The van der Waals surface area contributed by atoms with E-state index in [1.165, 1.54) is 74.5 Å². The Hall–Kier alpha value is -2.87. The molecule has 3 aromatic rings. The average molecular weight is 457 g/mol. The molecule has 0 aliphatic carbocycles. The molecule has 0 radical (unpaired) electrons. The Morgan fingerprint density at radius 2 is 1.00 bits per heavy atom. The number of rotatable bonds is 14. The van der Waals surface area contributed by atoms with Crippen molar-refractivity contribution < 1.29 is 9.53 Å². The van der Waals surface area contributed by atoms with E-state index in [0.717, 1.165) is 18.4 Å². The summed E-state index contributed by atoms with van der Waals surface area (Å²) >= 11 is 0. The number of hydrogen-bond acceptors (Lipinski definition) is 2. The van der Waals surface area contributed by atoms with E-state index in [2.05, 4.69) is 50.2 Å². The molecule has 0 N–H and O–H groups in total. The maximum Gasteiger partial charge on any atom is 0.343 e. The van der Waals surface area contributed by atoms with E-state index in [4.69, 9.17) is 4.74 Å². The van der Waals surface area contributed by atoms with Crippen LogP contribution in [0.1, 0.15) is 93.1 Å². The van der Waals surface area contributed by atoms with Crippen LogP contribution in [0, 0.1) is 0 Å². The third kappa shape index (κ3) is 8.48. The van der Waals surface area contributed by atoms with Crippen LogP contribution in [-0.4, -0.2) is 5.97 Å². The van der Waals surface area contributed by atoms with Gasteiger partial charge in [0.1, 0.15) is 5.75 Å². The summed E-state index contributed by atoms with van der Waals surface area (Å²) < 4.78 is 5.60. The highest BCUT2D eigenvalue weighted by Crippen LogP contribution is 2.24. The van der Waals surface area contributed by atoms with Crippen LogP contribution in [0.15, 0.2) is 72.8 Å². The van der Waals surface area contributed by atoms with Crippen LogP contribution in [0.2, 0.25) is 0 Å². The normalized spacial score (nSPS) is 10.9. The van der Waals surface area contributed by atoms with Gasteiger partial charge >= 0.3 is 5.97 Å². The molecule has 180 valence electrons. The van der Waals surface area contributed by atoms with Gasteiger partial charge in [0.2, 0.25) is 0 Å². The fourth-order valence-corrected chi connectivity index (χ4v) is 4.24. The molecule has 0 heterocycles. The first-order valence-electron chi connectivity index (χ1n) is 13.2. The summed E-state index contributed by atoms with van der Waals surface area (Å²) in [6.07, 6.45) is 13.8. The molecule has 2 nitrogen and oxygen atoms in total. The largest absolute Gasteiger partial charge is 0.423 e. The molecule has 3 aromatic carbocycles. The van der Waals surface area contributed by atoms with Crippen LogP contribution < -0.4 is 4.74 Å². The number of aryl methyl sites for hydroxylation is 2. The first-order valence-corrected chi connectivity index (χ1v) is 13.2. The lowest BCUT2D eigenvalue weighted by atomic mass is 10.0. The molecule has 34 heavy (non-hydrogen) atoms. The Kier molecular flexibility index (Phi) is 10.9. The van der Waals surface area contributed by atoms with Crippen molar-refractivity contribution in [1.29, 1.82) is 0 Å². The predicted octanol–water partition coefficient (Wildman–Crippen LogP) is 9.21. The minimum atomic E-state index is -0.310. The van der Waals surface area contributed by atoms with Gasteiger partial charge in [0.25, 0.3) is 0 Å². The Morgan fingerprint density at radius 1 is 0.559 bits per heavy atom. The third-order valence-electron chi connectivity index (χ3n) is 6.43. The second-order valence-corrected chi connectivity index (χ2v) is 9.28. The van der Waals surface area contributed by atoms with Crippen molar-refractivity contribution in [3.8, 4) is 16.9 Å². The lowest BCUT2D eigenvalue weighted by molar-refractivity contribution is 0.0735. The highest BCUT2D eigenvalue weighted by Gasteiger charge is 2.09. The summed E-state index contributed by atoms with van der Waals surface area (Å²) in [6.45, 7) is 4.48. The lowest BCUT2D eigenvalue weighted by Gasteiger charge is -2.08. The van der Waals surface area contributed by atoms with Gasteiger partial charge in [-0.05, 0) is 72.2 Å². The number of unbranched alkanes of at least 4 members (excludes halogenated alkanes) is 7. The van der Waals surface area contributed by atoms with Gasteiger partial charge in [-0.3, -0.25) is 0 Å². The molecule has 0 aliphatic heterocycles. The van der Waals surface area contributed by atoms with Gasteiger partial charge in [0.15, 0.2) is 0 Å². The summed E-state index contributed by atoms with van der Waals surface area (Å²) in [5.41, 5.74) is 5.57. The lowest BCUT2D eigenvalue weighted by Crippen LogP contribution is -2.08. The van der Waals surface area contributed by atoms with Crippen LogP contribution in [0.3, 0.4) is 0 Å². The minimum absolute atomic E-state index is 0.310. The maximum absolute atomic E-state index is 12.6. The van der Waals surface area contributed by atoms with Crippen molar-refractivity contribution in [2.24, 2.45) is 0 Å². The number of carbonyl (C=O) groups excluding carboxylic acids is 1. The van der Waals surface area contributed by atoms with E-state index >= 15 is 0 Å². The average Bonchev–Trinajstić information content (AvgIpc) is 2.87. The van der Waals surface area contributed by atoms with Crippen LogP contribution >= 0.6 is 0 Å². The molecule has 0 atom stereocenters. The summed E-state index contributed by atoms with van der Waals surface area (Å²) in [7, 11) is 0. The Morgan fingerprint density at radius 3 is 1.59 bits per heavy atom. The van der Waals surface area contributed by atoms with E-state index in [-0.39, 0.29) is 5.97 Å². The summed E-state index contributed by atoms with van der Waals surface area (Å²) in [5, 5.41) is 0. The Balaban J connectivity index is 1.47. The molecule has 0 fully saturated rings. The zero-order valence-corrected chi connectivity index (χ0v) is 21.0. The number of hydrogen-bond donors (Lipinski definition) is 0. The third-order valence-corrected chi connectivity index (χ3v) is 6.43. The molecular weight excluding hydrogens is 416 g/mol. The minimum Gasteiger partial charge on any atom is -0.423 e. The van der Waals surface area contributed by atoms with Crippen molar-refractivity contribution in [2.75, 3.05) is 0 Å². The van der Waals surface area contributed by atoms with Gasteiger partial charge in [-0.1, -0.05) is 107 Å². The first kappa shape index (κ1) is 25.7. The van der Waals surface area contributed by atoms with E-state index < -0.39 is 0 Å². The van der Waals surface area contributed by atoms with Crippen molar-refractivity contribution in [3.63, 3.8) is 0 Å². The number of esters is 1. The SMILES string of the molecule is CCCCCCCCc1ccc(C(=O)Oc2ccc(-c3ccc(CCCCC)cc3)cc2)cc1. The Bertz CT molecular complexity index is 969. The molecular formula is C32H40O2. The smallest absolute Gasteiger partial charge is 0.343 e. The number of benzene rings is 3. The van der Waals surface area contributed by atoms with Gasteiger partial charge in [0, 0.05) is 0 Å². The van der Waals surface area contributed by atoms with Gasteiger partial charge in [0.05, 0.1) is 5.56 Å². The van der Waals surface area contributed by atoms with E-state index in [1.54, 1.807) is 0 Å². The fraction of sp³-hybridized carbons (Fsp3) is 0.406. The predicted molar refractivity (Wildman–Crippen MR) is 144 cm³/mol. The standard InChI is InChI=1S/C32H40O2/c1-3-5-7-8-9-11-13-27-16-20-30(21-17-27)32(33)34-31-24-22-29(23-25-31)28-18-14-26(15-19-28)12-10-6-4-2/h14-25H,3-13H2,1-2H3. The molecule has 0 saturated carbocycles. The van der Waals surface area contributed by atoms with Crippen LogP contribution in [0.5, 0.6) is 5.75 Å². The molecule has 0 aromatic heterocycles.